The molecule has 0 aliphatic rings. The van der Waals surface area contributed by atoms with Gasteiger partial charge >= 0.3 is 0 Å². The highest BCUT2D eigenvalue weighted by Crippen LogP contribution is 2.34. The Kier molecular flexibility index (Phi) is 8.87. The molecule has 0 aliphatic carbocycles. The molecule has 0 spiro atoms. The van der Waals surface area contributed by atoms with Crippen molar-refractivity contribution in [2.24, 2.45) is 0 Å². The number of rotatable bonds is 8. The second-order valence-electron chi connectivity index (χ2n) is 16.5. The van der Waals surface area contributed by atoms with Crippen LogP contribution in [0.5, 0.6) is 0 Å². The maximum atomic E-state index is 2.47. The number of benzene rings is 10. The molecule has 0 unspecified atom stereocenters. The first-order valence-corrected chi connectivity index (χ1v) is 23.8. The van der Waals surface area contributed by atoms with Crippen LogP contribution in [0.3, 0.4) is 0 Å². The molecule has 0 atom stereocenters. The molecule has 0 N–H and O–H groups in total. The van der Waals surface area contributed by atoms with Gasteiger partial charge in [0, 0.05) is 32.9 Å². The Labute approximate surface area is 368 Å². The second-order valence-corrected chi connectivity index (χ2v) is 20.3. The maximum Gasteiger partial charge on any atom is 0.179 e. The van der Waals surface area contributed by atoms with Crippen LogP contribution in [0, 0.1) is 0 Å². The number of hydrogen-bond acceptors (Lipinski definition) is 0. The van der Waals surface area contributed by atoms with Gasteiger partial charge in [-0.3, -0.25) is 0 Å². The summed E-state index contributed by atoms with van der Waals surface area (Å²) >= 11 is 0. The van der Waals surface area contributed by atoms with Crippen molar-refractivity contribution in [3.63, 3.8) is 0 Å². The van der Waals surface area contributed by atoms with E-state index in [9.17, 15) is 0 Å². The van der Waals surface area contributed by atoms with Gasteiger partial charge in [-0.25, -0.2) is 0 Å². The van der Waals surface area contributed by atoms with Crippen LogP contribution >= 0.6 is 0 Å². The van der Waals surface area contributed by atoms with E-state index in [0.717, 1.165) is 11.4 Å². The zero-order valence-electron chi connectivity index (χ0n) is 34.6. The number of hydrogen-bond donors (Lipinski definition) is 0. The molecule has 3 heteroatoms. The van der Waals surface area contributed by atoms with Crippen molar-refractivity contribution in [1.82, 2.24) is 9.13 Å². The Morgan fingerprint density at radius 3 is 0.873 bits per heavy atom. The van der Waals surface area contributed by atoms with E-state index in [1.165, 1.54) is 86.6 Å². The summed E-state index contributed by atoms with van der Waals surface area (Å²) in [6.45, 7) is 0. The van der Waals surface area contributed by atoms with Crippen LogP contribution in [0.4, 0.5) is 0 Å². The lowest BCUT2D eigenvalue weighted by atomic mass is 10.1. The van der Waals surface area contributed by atoms with Gasteiger partial charge < -0.3 is 9.13 Å². The molecular formula is C60H42N2Si. The van der Waals surface area contributed by atoms with E-state index in [1.54, 1.807) is 0 Å². The third-order valence-corrected chi connectivity index (χ3v) is 17.8. The Bertz CT molecular complexity index is 3250. The monoisotopic (exact) mass is 818 g/mol. The van der Waals surface area contributed by atoms with Gasteiger partial charge in [-0.2, -0.15) is 0 Å². The number of para-hydroxylation sites is 4. The van der Waals surface area contributed by atoms with E-state index in [2.05, 4.69) is 264 Å². The minimum absolute atomic E-state index is 1.16. The summed E-state index contributed by atoms with van der Waals surface area (Å²) in [4.78, 5) is 0. The summed E-state index contributed by atoms with van der Waals surface area (Å²) in [6, 6.07) is 94.3. The lowest BCUT2D eigenvalue weighted by Crippen LogP contribution is -2.74. The summed E-state index contributed by atoms with van der Waals surface area (Å²) in [5, 5.41) is 10.5. The standard InChI is InChI=1S/C60H42N2Si/c1-3-19-49(20-4-1)63(50-21-5-2-6-22-50,51-23-15-17-45(41-51)43-33-37-47(38-34-43)61-57-29-11-7-25-53(57)54-26-8-12-30-58(54)61)52-24-16-18-46(42-52)44-35-39-48(40-36-44)62-59-31-13-9-27-55(59)56-28-10-14-32-60(56)62/h1-42H. The topological polar surface area (TPSA) is 9.86 Å². The molecule has 0 radical (unpaired) electrons. The highest BCUT2D eigenvalue weighted by molar-refractivity contribution is 7.20. The molecule has 12 rings (SSSR count). The molecule has 10 aromatic carbocycles. The largest absolute Gasteiger partial charge is 0.309 e. The first-order chi connectivity index (χ1) is 31.3. The maximum absolute atomic E-state index is 2.87. The number of nitrogens with zero attached hydrogens (tertiary/aromatic N) is 2. The van der Waals surface area contributed by atoms with Crippen LogP contribution in [-0.4, -0.2) is 17.2 Å². The molecule has 296 valence electrons. The van der Waals surface area contributed by atoms with Crippen LogP contribution in [0.2, 0.25) is 0 Å². The summed E-state index contributed by atoms with van der Waals surface area (Å²) in [6.07, 6.45) is 0. The molecule has 0 saturated heterocycles. The van der Waals surface area contributed by atoms with Gasteiger partial charge in [0.25, 0.3) is 0 Å². The highest BCUT2D eigenvalue weighted by Gasteiger charge is 2.41. The average molecular weight is 819 g/mol. The fourth-order valence-corrected chi connectivity index (χ4v) is 15.1. The van der Waals surface area contributed by atoms with Gasteiger partial charge in [0.05, 0.1) is 22.1 Å². The molecule has 63 heavy (non-hydrogen) atoms. The Balaban J connectivity index is 0.980. The Morgan fingerprint density at radius 2 is 0.524 bits per heavy atom. The summed E-state index contributed by atoms with van der Waals surface area (Å²) in [5.41, 5.74) is 12.0. The van der Waals surface area contributed by atoms with E-state index in [4.69, 9.17) is 0 Å². The van der Waals surface area contributed by atoms with Gasteiger partial charge in [0.1, 0.15) is 0 Å². The van der Waals surface area contributed by atoms with Crippen molar-refractivity contribution >= 4 is 72.4 Å². The fourth-order valence-electron chi connectivity index (χ4n) is 10.2. The van der Waals surface area contributed by atoms with E-state index in [-0.39, 0.29) is 0 Å². The van der Waals surface area contributed by atoms with Crippen molar-refractivity contribution in [2.45, 2.75) is 0 Å². The molecule has 2 nitrogen and oxygen atoms in total. The predicted molar refractivity (Wildman–Crippen MR) is 270 cm³/mol. The van der Waals surface area contributed by atoms with Crippen molar-refractivity contribution in [1.29, 1.82) is 0 Å². The summed E-state index contributed by atoms with van der Waals surface area (Å²) < 4.78 is 4.77. The minimum atomic E-state index is -2.87. The van der Waals surface area contributed by atoms with Crippen molar-refractivity contribution in [3.05, 3.63) is 255 Å². The lowest BCUT2D eigenvalue weighted by molar-refractivity contribution is 1.18. The van der Waals surface area contributed by atoms with Crippen molar-refractivity contribution in [3.8, 4) is 33.6 Å². The van der Waals surface area contributed by atoms with Crippen LogP contribution in [0.1, 0.15) is 0 Å². The fraction of sp³-hybridized carbons (Fsp3) is 0. The summed E-state index contributed by atoms with van der Waals surface area (Å²) in [7, 11) is -2.87. The summed E-state index contributed by atoms with van der Waals surface area (Å²) in [5.74, 6) is 0. The van der Waals surface area contributed by atoms with Gasteiger partial charge in [-0.1, -0.05) is 206 Å². The van der Waals surface area contributed by atoms with E-state index in [1.807, 2.05) is 0 Å². The Hall–Kier alpha value is -7.98. The normalized spacial score (nSPS) is 11.8. The molecule has 0 bridgehead atoms. The molecule has 0 fully saturated rings. The molecular weight excluding hydrogens is 777 g/mol. The van der Waals surface area contributed by atoms with Crippen LogP contribution < -0.4 is 20.7 Å². The smallest absolute Gasteiger partial charge is 0.179 e. The third-order valence-electron chi connectivity index (χ3n) is 13.1. The van der Waals surface area contributed by atoms with Crippen LogP contribution in [0.15, 0.2) is 255 Å². The zero-order valence-corrected chi connectivity index (χ0v) is 35.6. The third kappa shape index (κ3) is 6.00. The molecule has 0 saturated carbocycles. The highest BCUT2D eigenvalue weighted by atomic mass is 28.3. The SMILES string of the molecule is c1ccc([Si](c2ccccc2)(c2cccc(-c3ccc(-n4c5ccccc5c5ccccc54)cc3)c2)c2cccc(-c3ccc(-n4c5ccccc5c5ccccc54)cc3)c2)cc1. The lowest BCUT2D eigenvalue weighted by Gasteiger charge is -2.35. The molecule has 12 aromatic rings. The van der Waals surface area contributed by atoms with Gasteiger partial charge in [-0.15, -0.1) is 0 Å². The molecule has 0 amide bonds. The van der Waals surface area contributed by atoms with Gasteiger partial charge in [0.15, 0.2) is 8.07 Å². The first kappa shape index (κ1) is 36.8. The zero-order chi connectivity index (χ0) is 41.7. The van der Waals surface area contributed by atoms with E-state index < -0.39 is 8.07 Å². The second kappa shape index (κ2) is 15.2. The van der Waals surface area contributed by atoms with E-state index >= 15 is 0 Å². The molecule has 2 heterocycles. The van der Waals surface area contributed by atoms with Crippen molar-refractivity contribution in [2.75, 3.05) is 0 Å². The van der Waals surface area contributed by atoms with Crippen molar-refractivity contribution < 1.29 is 0 Å². The quantitative estimate of drug-likeness (QED) is 0.107. The van der Waals surface area contributed by atoms with E-state index in [0.29, 0.717) is 0 Å². The van der Waals surface area contributed by atoms with Gasteiger partial charge in [-0.05, 0) is 91.5 Å². The van der Waals surface area contributed by atoms with Gasteiger partial charge in [0.2, 0.25) is 0 Å². The molecule has 2 aromatic heterocycles. The first-order valence-electron chi connectivity index (χ1n) is 21.8. The average Bonchev–Trinajstić information content (AvgIpc) is 3.88. The predicted octanol–water partition coefficient (Wildman–Crippen LogP) is 12.6. The molecule has 0 aliphatic heterocycles. The number of aromatic nitrogens is 2. The Morgan fingerprint density at radius 1 is 0.222 bits per heavy atom. The van der Waals surface area contributed by atoms with Crippen LogP contribution in [0.25, 0.3) is 77.2 Å². The number of fused-ring (bicyclic) bond motifs is 6. The minimum Gasteiger partial charge on any atom is -0.309 e. The van der Waals surface area contributed by atoms with Crippen LogP contribution in [-0.2, 0) is 0 Å².